The van der Waals surface area contributed by atoms with Crippen LogP contribution in [0, 0.1) is 5.92 Å². The van der Waals surface area contributed by atoms with Crippen molar-refractivity contribution in [3.05, 3.63) is 28.8 Å². The number of primary amides is 1. The Balaban J connectivity index is 2.11. The summed E-state index contributed by atoms with van der Waals surface area (Å²) in [5.74, 6) is -0.161. The lowest BCUT2D eigenvalue weighted by Crippen LogP contribution is -2.39. The Morgan fingerprint density at radius 1 is 1.45 bits per heavy atom. The van der Waals surface area contributed by atoms with E-state index in [0.29, 0.717) is 0 Å². The fourth-order valence-corrected chi connectivity index (χ4v) is 2.81. The summed E-state index contributed by atoms with van der Waals surface area (Å²) in [6, 6.07) is 6.01. The van der Waals surface area contributed by atoms with Gasteiger partial charge >= 0.3 is 0 Å². The van der Waals surface area contributed by atoms with Crippen LogP contribution in [0.5, 0.6) is 0 Å². The van der Waals surface area contributed by atoms with Gasteiger partial charge in [0.15, 0.2) is 0 Å². The van der Waals surface area contributed by atoms with E-state index in [1.165, 1.54) is 11.3 Å². The van der Waals surface area contributed by atoms with Gasteiger partial charge in [0.2, 0.25) is 5.91 Å². The lowest BCUT2D eigenvalue weighted by atomic mass is 9.95. The van der Waals surface area contributed by atoms with E-state index in [-0.39, 0.29) is 11.8 Å². The first-order valence-corrected chi connectivity index (χ1v) is 7.53. The average molecular weight is 296 g/mol. The Hall–Kier alpha value is -1.26. The molecule has 2 rings (SSSR count). The molecule has 1 aliphatic rings. The van der Waals surface area contributed by atoms with Crippen molar-refractivity contribution in [1.82, 2.24) is 5.32 Å². The first-order chi connectivity index (χ1) is 9.61. The number of nitrogens with zero attached hydrogens (tertiary/aromatic N) is 1. The van der Waals surface area contributed by atoms with E-state index in [1.54, 1.807) is 0 Å². The second-order valence-electron chi connectivity index (χ2n) is 5.22. The molecule has 0 bridgehead atoms. The minimum Gasteiger partial charge on any atom is -0.371 e. The van der Waals surface area contributed by atoms with Gasteiger partial charge in [-0.25, -0.2) is 0 Å². The van der Waals surface area contributed by atoms with Crippen LogP contribution in [0.1, 0.15) is 25.3 Å². The molecule has 0 saturated carbocycles. The zero-order valence-corrected chi connectivity index (χ0v) is 12.6. The Bertz CT molecular complexity index is 470. The van der Waals surface area contributed by atoms with Crippen molar-refractivity contribution in [2.45, 2.75) is 26.3 Å². The van der Waals surface area contributed by atoms with Gasteiger partial charge < -0.3 is 16.0 Å². The van der Waals surface area contributed by atoms with Crippen LogP contribution in [0.25, 0.3) is 0 Å². The van der Waals surface area contributed by atoms with Crippen molar-refractivity contribution in [2.75, 3.05) is 24.5 Å². The molecule has 3 N–H and O–H groups in total. The van der Waals surface area contributed by atoms with Crippen molar-refractivity contribution >= 4 is 23.2 Å². The van der Waals surface area contributed by atoms with Crippen LogP contribution in [0.2, 0.25) is 5.02 Å². The smallest absolute Gasteiger partial charge is 0.220 e. The van der Waals surface area contributed by atoms with E-state index in [9.17, 15) is 4.79 Å². The van der Waals surface area contributed by atoms with Crippen molar-refractivity contribution in [3.63, 3.8) is 0 Å². The number of halogens is 1. The largest absolute Gasteiger partial charge is 0.371 e. The van der Waals surface area contributed by atoms with Gasteiger partial charge in [-0.05, 0) is 37.1 Å². The zero-order valence-electron chi connectivity index (χ0n) is 11.9. The molecule has 1 aliphatic heterocycles. The molecule has 1 aromatic carbocycles. The summed E-state index contributed by atoms with van der Waals surface area (Å²) in [5.41, 5.74) is 7.79. The molecule has 0 radical (unpaired) electrons. The molecule has 0 aromatic heterocycles. The molecule has 1 heterocycles. The van der Waals surface area contributed by atoms with Crippen molar-refractivity contribution in [2.24, 2.45) is 11.7 Å². The third kappa shape index (κ3) is 3.64. The summed E-state index contributed by atoms with van der Waals surface area (Å²) >= 11 is 6.13. The Morgan fingerprint density at radius 3 is 2.75 bits per heavy atom. The number of nitrogens with two attached hydrogens (primary N) is 1. The molecule has 110 valence electrons. The average Bonchev–Trinajstić information content (AvgIpc) is 2.46. The molecule has 0 aliphatic carbocycles. The summed E-state index contributed by atoms with van der Waals surface area (Å²) in [4.78, 5) is 13.5. The van der Waals surface area contributed by atoms with Crippen LogP contribution in [-0.2, 0) is 11.3 Å². The van der Waals surface area contributed by atoms with Gasteiger partial charge in [-0.1, -0.05) is 24.6 Å². The van der Waals surface area contributed by atoms with Gasteiger partial charge in [-0.3, -0.25) is 4.79 Å². The van der Waals surface area contributed by atoms with Crippen molar-refractivity contribution < 1.29 is 4.79 Å². The molecule has 4 nitrogen and oxygen atoms in total. The van der Waals surface area contributed by atoms with Crippen LogP contribution in [0.3, 0.4) is 0 Å². The quantitative estimate of drug-likeness (QED) is 0.875. The van der Waals surface area contributed by atoms with Gasteiger partial charge in [-0.2, -0.15) is 0 Å². The van der Waals surface area contributed by atoms with E-state index in [4.69, 9.17) is 17.3 Å². The van der Waals surface area contributed by atoms with E-state index in [1.807, 2.05) is 12.1 Å². The molecule has 0 spiro atoms. The number of nitrogens with one attached hydrogen (secondary N) is 1. The molecule has 1 fully saturated rings. The summed E-state index contributed by atoms with van der Waals surface area (Å²) in [6.07, 6.45) is 1.64. The van der Waals surface area contributed by atoms with Crippen LogP contribution < -0.4 is 16.0 Å². The summed E-state index contributed by atoms with van der Waals surface area (Å²) in [7, 11) is 0. The Kier molecular flexibility index (Phi) is 5.26. The minimum absolute atomic E-state index is 0.0163. The van der Waals surface area contributed by atoms with Gasteiger partial charge in [0.05, 0.1) is 0 Å². The maximum atomic E-state index is 11.2. The lowest BCUT2D eigenvalue weighted by Gasteiger charge is -2.33. The van der Waals surface area contributed by atoms with Gasteiger partial charge in [0.25, 0.3) is 0 Å². The molecular formula is C15H22ClN3O. The normalized spacial score (nSPS) is 16.4. The van der Waals surface area contributed by atoms with Gasteiger partial charge in [0.1, 0.15) is 0 Å². The Morgan fingerprint density at radius 2 is 2.15 bits per heavy atom. The highest BCUT2D eigenvalue weighted by Gasteiger charge is 2.24. The first kappa shape index (κ1) is 15.1. The third-order valence-electron chi connectivity index (χ3n) is 3.85. The number of hydrogen-bond acceptors (Lipinski definition) is 3. The van der Waals surface area contributed by atoms with Gasteiger partial charge in [-0.15, -0.1) is 0 Å². The SMILES string of the molecule is CCNCc1ccc(Cl)cc1N1CCC(C(N)=O)CC1. The second-order valence-corrected chi connectivity index (χ2v) is 5.65. The van der Waals surface area contributed by atoms with Crippen molar-refractivity contribution in [3.8, 4) is 0 Å². The molecule has 1 aromatic rings. The molecular weight excluding hydrogens is 274 g/mol. The topological polar surface area (TPSA) is 58.4 Å². The van der Waals surface area contributed by atoms with Crippen LogP contribution in [0.4, 0.5) is 5.69 Å². The van der Waals surface area contributed by atoms with E-state index < -0.39 is 0 Å². The maximum absolute atomic E-state index is 11.2. The number of anilines is 1. The third-order valence-corrected chi connectivity index (χ3v) is 4.09. The monoisotopic (exact) mass is 295 g/mol. The van der Waals surface area contributed by atoms with Crippen molar-refractivity contribution in [1.29, 1.82) is 0 Å². The van der Waals surface area contributed by atoms with E-state index >= 15 is 0 Å². The summed E-state index contributed by atoms with van der Waals surface area (Å²) < 4.78 is 0. The number of rotatable bonds is 5. The molecule has 0 unspecified atom stereocenters. The lowest BCUT2D eigenvalue weighted by molar-refractivity contribution is -0.122. The maximum Gasteiger partial charge on any atom is 0.220 e. The van der Waals surface area contributed by atoms with E-state index in [0.717, 1.165) is 44.0 Å². The highest BCUT2D eigenvalue weighted by atomic mass is 35.5. The number of benzene rings is 1. The molecule has 0 atom stereocenters. The number of carbonyl (C=O) groups excluding carboxylic acids is 1. The van der Waals surface area contributed by atoms with E-state index in [2.05, 4.69) is 23.2 Å². The number of piperidine rings is 1. The van der Waals surface area contributed by atoms with Crippen LogP contribution in [-0.4, -0.2) is 25.5 Å². The highest BCUT2D eigenvalue weighted by molar-refractivity contribution is 6.30. The van der Waals surface area contributed by atoms with Gasteiger partial charge in [0, 0.05) is 36.3 Å². The predicted molar refractivity (Wildman–Crippen MR) is 83.0 cm³/mol. The number of hydrogen-bond donors (Lipinski definition) is 2. The molecule has 5 heteroatoms. The first-order valence-electron chi connectivity index (χ1n) is 7.15. The number of amides is 1. The highest BCUT2D eigenvalue weighted by Crippen LogP contribution is 2.29. The summed E-state index contributed by atoms with van der Waals surface area (Å²) in [6.45, 7) is 5.57. The predicted octanol–water partition coefficient (Wildman–Crippen LogP) is 2.15. The van der Waals surface area contributed by atoms with Crippen LogP contribution in [0.15, 0.2) is 18.2 Å². The standard InChI is InChI=1S/C15H22ClN3O/c1-2-18-10-12-3-4-13(16)9-14(12)19-7-5-11(6-8-19)15(17)20/h3-4,9,11,18H,2,5-8,10H2,1H3,(H2,17,20). The number of carbonyl (C=O) groups is 1. The molecule has 20 heavy (non-hydrogen) atoms. The Labute approximate surface area is 125 Å². The fraction of sp³-hybridized carbons (Fsp3) is 0.533. The molecule has 1 saturated heterocycles. The minimum atomic E-state index is -0.177. The summed E-state index contributed by atoms with van der Waals surface area (Å²) in [5, 5.41) is 4.09. The fourth-order valence-electron chi connectivity index (χ4n) is 2.65. The second kappa shape index (κ2) is 6.95. The molecule has 1 amide bonds. The zero-order chi connectivity index (χ0) is 14.5. The van der Waals surface area contributed by atoms with Crippen LogP contribution >= 0.6 is 11.6 Å².